The maximum atomic E-state index is 13.1. The molecule has 6 heteroatoms. The predicted octanol–water partition coefficient (Wildman–Crippen LogP) is 3.87. The van der Waals surface area contributed by atoms with Crippen molar-refractivity contribution in [1.82, 2.24) is 4.98 Å². The third-order valence-corrected chi connectivity index (χ3v) is 3.02. The number of hydrogen-bond donors (Lipinski definition) is 1. The van der Waals surface area contributed by atoms with Gasteiger partial charge in [0, 0.05) is 12.4 Å². The molecule has 0 radical (unpaired) electrons. The van der Waals surface area contributed by atoms with E-state index in [1.807, 2.05) is 0 Å². The van der Waals surface area contributed by atoms with Gasteiger partial charge in [-0.3, -0.25) is 0 Å². The first kappa shape index (κ1) is 14.2. The Morgan fingerprint density at radius 2 is 1.90 bits per heavy atom. The van der Waals surface area contributed by atoms with Gasteiger partial charge in [0.2, 0.25) is 0 Å². The third-order valence-electron chi connectivity index (χ3n) is 3.02. The van der Waals surface area contributed by atoms with Crippen molar-refractivity contribution in [2.75, 3.05) is 0 Å². The number of rotatable bonds is 2. The molecule has 0 atom stereocenters. The highest BCUT2D eigenvalue weighted by Gasteiger charge is 2.37. The van der Waals surface area contributed by atoms with Crippen LogP contribution in [0.2, 0.25) is 0 Å². The molecule has 0 saturated heterocycles. The summed E-state index contributed by atoms with van der Waals surface area (Å²) in [5.74, 6) is -1.31. The molecule has 1 N–H and O–H groups in total. The molecule has 0 aliphatic heterocycles. The van der Waals surface area contributed by atoms with E-state index in [1.54, 1.807) is 6.92 Å². The minimum absolute atomic E-state index is 0.0527. The van der Waals surface area contributed by atoms with Crippen LogP contribution in [-0.2, 0) is 6.18 Å². The maximum absolute atomic E-state index is 13.1. The minimum Gasteiger partial charge on any atom is -0.422 e. The van der Waals surface area contributed by atoms with E-state index in [1.165, 1.54) is 31.5 Å². The van der Waals surface area contributed by atoms with Gasteiger partial charge >= 0.3 is 12.1 Å². The number of halogens is 3. The van der Waals surface area contributed by atoms with Gasteiger partial charge in [-0.05, 0) is 37.1 Å². The monoisotopic (exact) mass is 283 g/mol. The van der Waals surface area contributed by atoms with Gasteiger partial charge in [0.15, 0.2) is 0 Å². The largest absolute Gasteiger partial charge is 0.422 e. The Labute approximate surface area is 113 Å². The fraction of sp³-hybridized carbons (Fsp3) is 0.214. The Bertz CT molecular complexity index is 631. The number of hydrogen-bond acceptors (Lipinski definition) is 2. The van der Waals surface area contributed by atoms with E-state index in [0.717, 1.165) is 6.07 Å². The molecule has 3 nitrogen and oxygen atoms in total. The molecule has 0 amide bonds. The van der Waals surface area contributed by atoms with E-state index in [2.05, 4.69) is 4.98 Å². The maximum Gasteiger partial charge on any atom is 0.420 e. The topological polar surface area (TPSA) is 42.1 Å². The molecule has 0 fully saturated rings. The van der Waals surface area contributed by atoms with Crippen molar-refractivity contribution in [2.24, 2.45) is 0 Å². The Morgan fingerprint density at radius 3 is 2.45 bits per heavy atom. The van der Waals surface area contributed by atoms with Gasteiger partial charge in [-0.2, -0.15) is 13.2 Å². The standard InChI is InChI=1S/C14H12F3NO2/c1-8-3-4-11(12(9(8)2)14(15,16)17)20-13(19)10-5-6-18-7-10/h3-7,18H,1-2H3. The fourth-order valence-electron chi connectivity index (χ4n) is 1.84. The van der Waals surface area contributed by atoms with Crippen LogP contribution in [0.25, 0.3) is 0 Å². The summed E-state index contributed by atoms with van der Waals surface area (Å²) in [5, 5.41) is 0. The van der Waals surface area contributed by atoms with E-state index in [-0.39, 0.29) is 11.1 Å². The molecule has 0 aliphatic carbocycles. The van der Waals surface area contributed by atoms with Crippen LogP contribution in [0.3, 0.4) is 0 Å². The molecule has 1 heterocycles. The third kappa shape index (κ3) is 2.68. The molecule has 0 spiro atoms. The number of aromatic nitrogens is 1. The zero-order chi connectivity index (χ0) is 14.9. The summed E-state index contributed by atoms with van der Waals surface area (Å²) in [6, 6.07) is 4.08. The van der Waals surface area contributed by atoms with Crippen LogP contribution in [-0.4, -0.2) is 11.0 Å². The number of nitrogens with one attached hydrogen (secondary N) is 1. The Balaban J connectivity index is 2.42. The van der Waals surface area contributed by atoms with Gasteiger partial charge in [-0.25, -0.2) is 4.79 Å². The zero-order valence-corrected chi connectivity index (χ0v) is 10.8. The second-order valence-corrected chi connectivity index (χ2v) is 4.37. The normalized spacial score (nSPS) is 11.4. The summed E-state index contributed by atoms with van der Waals surface area (Å²) in [6.45, 7) is 2.92. The van der Waals surface area contributed by atoms with E-state index in [4.69, 9.17) is 4.74 Å². The number of carbonyl (C=O) groups excluding carboxylic acids is 1. The van der Waals surface area contributed by atoms with Gasteiger partial charge in [0.05, 0.1) is 5.56 Å². The average Bonchev–Trinajstić information content (AvgIpc) is 2.86. The number of benzene rings is 1. The molecule has 0 unspecified atom stereocenters. The van der Waals surface area contributed by atoms with Gasteiger partial charge in [-0.15, -0.1) is 0 Å². The van der Waals surface area contributed by atoms with Crippen LogP contribution in [0, 0.1) is 13.8 Å². The van der Waals surface area contributed by atoms with Crippen LogP contribution >= 0.6 is 0 Å². The first-order valence-electron chi connectivity index (χ1n) is 5.83. The van der Waals surface area contributed by atoms with Crippen molar-refractivity contribution in [2.45, 2.75) is 20.0 Å². The van der Waals surface area contributed by atoms with E-state index < -0.39 is 23.5 Å². The summed E-state index contributed by atoms with van der Waals surface area (Å²) >= 11 is 0. The van der Waals surface area contributed by atoms with E-state index in [0.29, 0.717) is 5.56 Å². The molecule has 1 aromatic carbocycles. The lowest BCUT2D eigenvalue weighted by atomic mass is 10.0. The summed E-state index contributed by atoms with van der Waals surface area (Å²) < 4.78 is 44.1. The lowest BCUT2D eigenvalue weighted by molar-refractivity contribution is -0.139. The van der Waals surface area contributed by atoms with Crippen LogP contribution in [0.1, 0.15) is 27.0 Å². The quantitative estimate of drug-likeness (QED) is 0.671. The highest BCUT2D eigenvalue weighted by molar-refractivity contribution is 5.91. The first-order valence-corrected chi connectivity index (χ1v) is 5.83. The Morgan fingerprint density at radius 1 is 1.20 bits per heavy atom. The number of aryl methyl sites for hydroxylation is 1. The van der Waals surface area contributed by atoms with Crippen LogP contribution in [0.4, 0.5) is 13.2 Å². The molecule has 0 aliphatic rings. The van der Waals surface area contributed by atoms with Gasteiger partial charge in [0.1, 0.15) is 11.3 Å². The number of ether oxygens (including phenoxy) is 1. The molecule has 2 rings (SSSR count). The first-order chi connectivity index (χ1) is 9.30. The number of alkyl halides is 3. The smallest absolute Gasteiger partial charge is 0.420 e. The minimum atomic E-state index is -4.58. The number of esters is 1. The molecular formula is C14H12F3NO2. The van der Waals surface area contributed by atoms with E-state index in [9.17, 15) is 18.0 Å². The van der Waals surface area contributed by atoms with Crippen LogP contribution < -0.4 is 4.74 Å². The van der Waals surface area contributed by atoms with Crippen molar-refractivity contribution >= 4 is 5.97 Å². The summed E-state index contributed by atoms with van der Waals surface area (Å²) in [4.78, 5) is 14.4. The SMILES string of the molecule is Cc1ccc(OC(=O)c2cc[nH]c2)c(C(F)(F)F)c1C. The average molecular weight is 283 g/mol. The van der Waals surface area contributed by atoms with Crippen LogP contribution in [0.5, 0.6) is 5.75 Å². The lowest BCUT2D eigenvalue weighted by Gasteiger charge is -2.16. The van der Waals surface area contributed by atoms with E-state index >= 15 is 0 Å². The van der Waals surface area contributed by atoms with Crippen molar-refractivity contribution in [3.05, 3.63) is 52.8 Å². The number of carbonyl (C=O) groups is 1. The van der Waals surface area contributed by atoms with Crippen molar-refractivity contribution in [3.63, 3.8) is 0 Å². The van der Waals surface area contributed by atoms with Gasteiger partial charge in [0.25, 0.3) is 0 Å². The number of aromatic amines is 1. The second-order valence-electron chi connectivity index (χ2n) is 4.37. The summed E-state index contributed by atoms with van der Waals surface area (Å²) in [5.41, 5.74) is -0.214. The Kier molecular flexibility index (Phi) is 3.57. The molecule has 20 heavy (non-hydrogen) atoms. The molecule has 2 aromatic rings. The molecule has 0 saturated carbocycles. The zero-order valence-electron chi connectivity index (χ0n) is 10.8. The highest BCUT2D eigenvalue weighted by atomic mass is 19.4. The fourth-order valence-corrected chi connectivity index (χ4v) is 1.84. The number of H-pyrrole nitrogens is 1. The summed E-state index contributed by atoms with van der Waals surface area (Å²) in [6.07, 6.45) is -1.73. The van der Waals surface area contributed by atoms with Crippen molar-refractivity contribution in [3.8, 4) is 5.75 Å². The molecular weight excluding hydrogens is 271 g/mol. The van der Waals surface area contributed by atoms with Gasteiger partial charge in [-0.1, -0.05) is 6.07 Å². The van der Waals surface area contributed by atoms with Gasteiger partial charge < -0.3 is 9.72 Å². The van der Waals surface area contributed by atoms with Crippen molar-refractivity contribution < 1.29 is 22.7 Å². The highest BCUT2D eigenvalue weighted by Crippen LogP contribution is 2.39. The predicted molar refractivity (Wildman–Crippen MR) is 66.7 cm³/mol. The molecule has 0 bridgehead atoms. The summed E-state index contributed by atoms with van der Waals surface area (Å²) in [7, 11) is 0. The Hall–Kier alpha value is -2.24. The lowest BCUT2D eigenvalue weighted by Crippen LogP contribution is -2.15. The molecule has 106 valence electrons. The van der Waals surface area contributed by atoms with Crippen molar-refractivity contribution in [1.29, 1.82) is 0 Å². The molecule has 1 aromatic heterocycles. The second kappa shape index (κ2) is 5.03. The van der Waals surface area contributed by atoms with Crippen LogP contribution in [0.15, 0.2) is 30.6 Å².